The molecule has 0 heterocycles. The molecular formula is C15H14BrClO3. The lowest BCUT2D eigenvalue weighted by molar-refractivity contribution is 0.190. The minimum absolute atomic E-state index is 0.493. The highest BCUT2D eigenvalue weighted by atomic mass is 79.9. The molecule has 0 spiro atoms. The summed E-state index contributed by atoms with van der Waals surface area (Å²) >= 11 is 9.48. The molecule has 0 bridgehead atoms. The van der Waals surface area contributed by atoms with Crippen molar-refractivity contribution >= 4 is 27.5 Å². The SMILES string of the molecule is COc1cccc(Oc2cc(Br)ccc2Cl)c1[C@H](C)O. The quantitative estimate of drug-likeness (QED) is 0.841. The molecule has 0 aliphatic rings. The van der Waals surface area contributed by atoms with Gasteiger partial charge in [0.15, 0.2) is 0 Å². The summed E-state index contributed by atoms with van der Waals surface area (Å²) in [5.74, 6) is 1.60. The van der Waals surface area contributed by atoms with Gasteiger partial charge in [0.25, 0.3) is 0 Å². The van der Waals surface area contributed by atoms with Gasteiger partial charge in [-0.25, -0.2) is 0 Å². The molecule has 2 aromatic rings. The van der Waals surface area contributed by atoms with Crippen LogP contribution in [0.1, 0.15) is 18.6 Å². The molecule has 0 aliphatic heterocycles. The van der Waals surface area contributed by atoms with Crippen molar-refractivity contribution in [2.75, 3.05) is 7.11 Å². The molecule has 2 aromatic carbocycles. The first-order valence-corrected chi connectivity index (χ1v) is 7.18. The van der Waals surface area contributed by atoms with E-state index in [9.17, 15) is 5.11 Å². The number of aliphatic hydroxyl groups is 1. The molecule has 106 valence electrons. The Bertz CT molecular complexity index is 614. The van der Waals surface area contributed by atoms with Crippen LogP contribution >= 0.6 is 27.5 Å². The zero-order chi connectivity index (χ0) is 14.7. The molecule has 1 atom stereocenters. The number of benzene rings is 2. The highest BCUT2D eigenvalue weighted by molar-refractivity contribution is 9.10. The van der Waals surface area contributed by atoms with E-state index in [0.29, 0.717) is 27.8 Å². The molecule has 0 saturated carbocycles. The van der Waals surface area contributed by atoms with Crippen molar-refractivity contribution in [3.8, 4) is 17.2 Å². The van der Waals surface area contributed by atoms with Gasteiger partial charge in [-0.05, 0) is 37.3 Å². The van der Waals surface area contributed by atoms with E-state index in [4.69, 9.17) is 21.1 Å². The second-order valence-electron chi connectivity index (χ2n) is 4.22. The molecule has 0 aromatic heterocycles. The van der Waals surface area contributed by atoms with Crippen LogP contribution in [0.5, 0.6) is 17.2 Å². The van der Waals surface area contributed by atoms with Gasteiger partial charge in [0.2, 0.25) is 0 Å². The zero-order valence-electron chi connectivity index (χ0n) is 11.1. The third-order valence-electron chi connectivity index (χ3n) is 2.78. The van der Waals surface area contributed by atoms with Crippen molar-refractivity contribution in [1.82, 2.24) is 0 Å². The van der Waals surface area contributed by atoms with Gasteiger partial charge in [0.05, 0.1) is 23.8 Å². The Balaban J connectivity index is 2.45. The Hall–Kier alpha value is -1.23. The van der Waals surface area contributed by atoms with E-state index in [1.165, 1.54) is 0 Å². The lowest BCUT2D eigenvalue weighted by Crippen LogP contribution is -2.00. The van der Waals surface area contributed by atoms with Crippen LogP contribution < -0.4 is 9.47 Å². The smallest absolute Gasteiger partial charge is 0.147 e. The van der Waals surface area contributed by atoms with Gasteiger partial charge in [-0.1, -0.05) is 33.6 Å². The maximum Gasteiger partial charge on any atom is 0.147 e. The van der Waals surface area contributed by atoms with E-state index >= 15 is 0 Å². The number of methoxy groups -OCH3 is 1. The molecule has 0 saturated heterocycles. The standard InChI is InChI=1S/C15H14BrClO3/c1-9(18)15-12(19-2)4-3-5-13(15)20-14-8-10(16)6-7-11(14)17/h3-9,18H,1-2H3/t9-/m0/s1. The molecule has 0 unspecified atom stereocenters. The third kappa shape index (κ3) is 3.26. The van der Waals surface area contributed by atoms with E-state index < -0.39 is 6.10 Å². The largest absolute Gasteiger partial charge is 0.496 e. The van der Waals surface area contributed by atoms with Gasteiger partial charge in [0, 0.05) is 4.47 Å². The summed E-state index contributed by atoms with van der Waals surface area (Å²) in [5, 5.41) is 10.4. The third-order valence-corrected chi connectivity index (χ3v) is 3.58. The fourth-order valence-electron chi connectivity index (χ4n) is 1.88. The maximum absolute atomic E-state index is 9.92. The van der Waals surface area contributed by atoms with Gasteiger partial charge in [-0.3, -0.25) is 0 Å². The number of rotatable bonds is 4. The number of halogens is 2. The number of hydrogen-bond donors (Lipinski definition) is 1. The lowest BCUT2D eigenvalue weighted by atomic mass is 10.1. The van der Waals surface area contributed by atoms with Crippen molar-refractivity contribution in [3.63, 3.8) is 0 Å². The predicted octanol–water partition coefficient (Wildman–Crippen LogP) is 4.96. The Labute approximate surface area is 131 Å². The molecular weight excluding hydrogens is 344 g/mol. The Morgan fingerprint density at radius 3 is 2.50 bits per heavy atom. The minimum atomic E-state index is -0.716. The maximum atomic E-state index is 9.92. The first-order valence-electron chi connectivity index (χ1n) is 6.00. The van der Waals surface area contributed by atoms with Crippen LogP contribution in [-0.4, -0.2) is 12.2 Å². The van der Waals surface area contributed by atoms with Gasteiger partial charge in [0.1, 0.15) is 17.2 Å². The second-order valence-corrected chi connectivity index (χ2v) is 5.55. The van der Waals surface area contributed by atoms with Gasteiger partial charge >= 0.3 is 0 Å². The van der Waals surface area contributed by atoms with Crippen LogP contribution in [0.2, 0.25) is 5.02 Å². The van der Waals surface area contributed by atoms with Gasteiger partial charge in [-0.15, -0.1) is 0 Å². The van der Waals surface area contributed by atoms with E-state index in [1.807, 2.05) is 6.07 Å². The second kappa shape index (κ2) is 6.48. The average molecular weight is 358 g/mol. The highest BCUT2D eigenvalue weighted by Crippen LogP contribution is 2.39. The number of hydrogen-bond acceptors (Lipinski definition) is 3. The van der Waals surface area contributed by atoms with Crippen molar-refractivity contribution in [2.24, 2.45) is 0 Å². The van der Waals surface area contributed by atoms with Gasteiger partial charge in [-0.2, -0.15) is 0 Å². The summed E-state index contributed by atoms with van der Waals surface area (Å²) in [6, 6.07) is 10.7. The normalized spacial score (nSPS) is 12.1. The van der Waals surface area contributed by atoms with Gasteiger partial charge < -0.3 is 14.6 Å². The first kappa shape index (κ1) is 15.2. The van der Waals surface area contributed by atoms with Crippen LogP contribution in [0.25, 0.3) is 0 Å². The average Bonchev–Trinajstić information content (AvgIpc) is 2.42. The first-order chi connectivity index (χ1) is 9.52. The van der Waals surface area contributed by atoms with E-state index in [-0.39, 0.29) is 0 Å². The fraction of sp³-hybridized carbons (Fsp3) is 0.200. The highest BCUT2D eigenvalue weighted by Gasteiger charge is 2.16. The zero-order valence-corrected chi connectivity index (χ0v) is 13.4. The van der Waals surface area contributed by atoms with Crippen LogP contribution in [0.3, 0.4) is 0 Å². The van der Waals surface area contributed by atoms with Crippen LogP contribution in [0, 0.1) is 0 Å². The summed E-state index contributed by atoms with van der Waals surface area (Å²) in [6.07, 6.45) is -0.716. The summed E-state index contributed by atoms with van der Waals surface area (Å²) in [7, 11) is 1.55. The topological polar surface area (TPSA) is 38.7 Å². The van der Waals surface area contributed by atoms with E-state index in [1.54, 1.807) is 44.4 Å². The van der Waals surface area contributed by atoms with E-state index in [2.05, 4.69) is 15.9 Å². The molecule has 0 fully saturated rings. The Morgan fingerprint density at radius 1 is 1.15 bits per heavy atom. The molecule has 3 nitrogen and oxygen atoms in total. The van der Waals surface area contributed by atoms with Crippen molar-refractivity contribution in [1.29, 1.82) is 0 Å². The lowest BCUT2D eigenvalue weighted by Gasteiger charge is -2.17. The summed E-state index contributed by atoms with van der Waals surface area (Å²) in [5.41, 5.74) is 0.589. The Morgan fingerprint density at radius 2 is 1.85 bits per heavy atom. The minimum Gasteiger partial charge on any atom is -0.496 e. The molecule has 0 amide bonds. The molecule has 2 rings (SSSR count). The van der Waals surface area contributed by atoms with Crippen LogP contribution in [0.4, 0.5) is 0 Å². The summed E-state index contributed by atoms with van der Waals surface area (Å²) < 4.78 is 11.9. The van der Waals surface area contributed by atoms with Crippen molar-refractivity contribution < 1.29 is 14.6 Å². The number of aliphatic hydroxyl groups excluding tert-OH is 1. The molecule has 0 aliphatic carbocycles. The Kier molecular flexibility index (Phi) is 4.91. The van der Waals surface area contributed by atoms with Crippen LogP contribution in [-0.2, 0) is 0 Å². The van der Waals surface area contributed by atoms with Crippen molar-refractivity contribution in [2.45, 2.75) is 13.0 Å². The van der Waals surface area contributed by atoms with Crippen LogP contribution in [0.15, 0.2) is 40.9 Å². The molecule has 1 N–H and O–H groups in total. The summed E-state index contributed by atoms with van der Waals surface area (Å²) in [4.78, 5) is 0. The number of ether oxygens (including phenoxy) is 2. The van der Waals surface area contributed by atoms with E-state index in [0.717, 1.165) is 4.47 Å². The molecule has 5 heteroatoms. The molecule has 20 heavy (non-hydrogen) atoms. The predicted molar refractivity (Wildman–Crippen MR) is 82.9 cm³/mol. The fourth-order valence-corrected chi connectivity index (χ4v) is 2.37. The summed E-state index contributed by atoms with van der Waals surface area (Å²) in [6.45, 7) is 1.66. The van der Waals surface area contributed by atoms with Crippen molar-refractivity contribution in [3.05, 3.63) is 51.5 Å². The molecule has 0 radical (unpaired) electrons. The monoisotopic (exact) mass is 356 g/mol.